The van der Waals surface area contributed by atoms with E-state index in [4.69, 9.17) is 47.4 Å². The first kappa shape index (κ1) is 84.5. The number of β-amino-alcohol motifs (C(OH)–C–C–N with tert-alkyl or cyclic N) is 1. The van der Waals surface area contributed by atoms with Gasteiger partial charge in [-0.25, -0.2) is 0 Å². The van der Waals surface area contributed by atoms with E-state index in [0.717, 1.165) is 4.90 Å². The summed E-state index contributed by atoms with van der Waals surface area (Å²) in [7, 11) is 4.34. The third-order valence-electron chi connectivity index (χ3n) is 19.1. The number of hydrogen-bond donors (Lipinski definition) is 13. The number of carboxylic acids is 1. The molecule has 16 N–H and O–H groups in total. The quantitative estimate of drug-likeness (QED) is 0.0163. The average Bonchev–Trinajstić information content (AvgIpc) is 1.62. The summed E-state index contributed by atoms with van der Waals surface area (Å²) in [5.41, 5.74) is 18.5. The molecule has 1 unspecified atom stereocenters. The Kier molecular flexibility index (Phi) is 30.3. The molecule has 3 fully saturated rings. The number of nitrogens with zero attached hydrogens (tertiary/aromatic N) is 4. The second kappa shape index (κ2) is 38.7. The molecule has 7 rings (SSSR count). The molecule has 12 atom stereocenters. The van der Waals surface area contributed by atoms with Crippen LogP contribution in [-0.4, -0.2) is 228 Å². The molecule has 0 saturated carbocycles. The smallest absolute Gasteiger partial charge is 0.305 e. The fraction of sp³-hybridized carbons (Fsp3) is 0.534. The lowest BCUT2D eigenvalue weighted by Crippen LogP contribution is -2.61. The first-order valence-corrected chi connectivity index (χ1v) is 36.1. The Hall–Kier alpha value is -10.8. The van der Waals surface area contributed by atoms with Gasteiger partial charge in [0.25, 0.3) is 5.91 Å². The molecule has 1 aromatic heterocycles. The van der Waals surface area contributed by atoms with Gasteiger partial charge in [-0.3, -0.25) is 67.3 Å². The van der Waals surface area contributed by atoms with Crippen LogP contribution in [0.25, 0.3) is 11.0 Å². The van der Waals surface area contributed by atoms with Gasteiger partial charge in [0.1, 0.15) is 72.2 Å². The second-order valence-electron chi connectivity index (χ2n) is 27.9. The van der Waals surface area contributed by atoms with E-state index in [2.05, 4.69) is 47.5 Å². The molecule has 3 saturated heterocycles. The number of guanidine groups is 1. The maximum absolute atomic E-state index is 14.9. The highest BCUT2D eigenvalue weighted by molar-refractivity contribution is 6.30. The highest BCUT2D eigenvalue weighted by Gasteiger charge is 2.46. The van der Waals surface area contributed by atoms with Crippen molar-refractivity contribution in [3.05, 3.63) is 88.1 Å². The number of aryl methyl sites for hydroxylation is 1. The van der Waals surface area contributed by atoms with E-state index >= 15 is 0 Å². The summed E-state index contributed by atoms with van der Waals surface area (Å²) in [6, 6.07) is 1.17. The van der Waals surface area contributed by atoms with Crippen LogP contribution >= 0.6 is 11.6 Å². The summed E-state index contributed by atoms with van der Waals surface area (Å²) < 4.78 is 22.2. The van der Waals surface area contributed by atoms with Crippen LogP contribution in [0.3, 0.4) is 0 Å². The van der Waals surface area contributed by atoms with Gasteiger partial charge in [-0.15, -0.1) is 0 Å². The number of likely N-dealkylation sites (tertiary alicyclic amines) is 3. The number of ether oxygens (including phenoxy) is 3. The SMILES string of the molecule is COc1ccc(C[C@H](NC(=O)[C@H](C)NC(=O)[C@H](CC(C)C)NC(=O)c2oc3c(OC)c(OC)ccc3c2C)C(=O)N2CCC[C@H]2C(=O)N[C@@H](CC(=O)O)C(=O)N[C@@H](C)C(=O)NC(C(=O)N2C[C@H](O)C[C@H]2C(=O)N[C@@H](Cc2ccc(Cl)cc2)C(=O)N[C@@H](CCCN=C(N)N)C(=O)N2CCC[C@H]2C(N)=O)C(C)C)cc1. The van der Waals surface area contributed by atoms with E-state index in [1.807, 2.05) is 13.8 Å². The van der Waals surface area contributed by atoms with Gasteiger partial charge in [-0.05, 0) is 125 Å². The highest BCUT2D eigenvalue weighted by atomic mass is 35.5. The minimum absolute atomic E-state index is 0.00327. The topological polar surface area (TPSA) is 500 Å². The Bertz CT molecular complexity index is 3980. The number of rotatable bonds is 36. The first-order chi connectivity index (χ1) is 51.1. The molecule has 0 spiro atoms. The largest absolute Gasteiger partial charge is 0.497 e. The molecule has 0 aliphatic carbocycles. The van der Waals surface area contributed by atoms with Crippen molar-refractivity contribution in [2.45, 2.75) is 192 Å². The molecule has 108 heavy (non-hydrogen) atoms. The number of hydrogen-bond acceptors (Lipinski definition) is 19. The summed E-state index contributed by atoms with van der Waals surface area (Å²) in [4.78, 5) is 190. The molecule has 12 amide bonds. The number of aliphatic hydroxyl groups is 1. The number of carbonyl (C=O) groups is 13. The van der Waals surface area contributed by atoms with Crippen LogP contribution in [-0.2, 0) is 70.4 Å². The fourth-order valence-electron chi connectivity index (χ4n) is 13.3. The number of primary amides is 1. The van der Waals surface area contributed by atoms with Gasteiger partial charge >= 0.3 is 5.97 Å². The summed E-state index contributed by atoms with van der Waals surface area (Å²) in [5.74, 6) is -11.6. The molecule has 0 bridgehead atoms. The predicted molar refractivity (Wildman–Crippen MR) is 393 cm³/mol. The Balaban J connectivity index is 1.02. The Morgan fingerprint density at radius 3 is 1.72 bits per heavy atom. The van der Waals surface area contributed by atoms with Gasteiger partial charge in [0, 0.05) is 61.4 Å². The molecule has 4 aromatic rings. The van der Waals surface area contributed by atoms with E-state index in [9.17, 15) is 72.5 Å². The van der Waals surface area contributed by atoms with Gasteiger partial charge in [-0.2, -0.15) is 0 Å². The minimum Gasteiger partial charge on any atom is -0.497 e. The van der Waals surface area contributed by atoms with Crippen molar-refractivity contribution in [1.29, 1.82) is 0 Å². The molecule has 3 aliphatic rings. The number of aliphatic imine (C=N–C) groups is 1. The van der Waals surface area contributed by atoms with Crippen LogP contribution in [0.4, 0.5) is 0 Å². The molecule has 0 radical (unpaired) electrons. The van der Waals surface area contributed by atoms with E-state index < -0.39 is 168 Å². The van der Waals surface area contributed by atoms with Crippen LogP contribution in [0.15, 0.2) is 70.1 Å². The number of carbonyl (C=O) groups excluding carboxylic acids is 12. The average molecular weight is 1530 g/mol. The highest BCUT2D eigenvalue weighted by Crippen LogP contribution is 2.39. The number of methoxy groups -OCH3 is 3. The number of nitrogens with one attached hydrogen (secondary N) is 8. The predicted octanol–water partition coefficient (Wildman–Crippen LogP) is 0.0971. The third-order valence-corrected chi connectivity index (χ3v) is 19.3. The van der Waals surface area contributed by atoms with Gasteiger partial charge < -0.3 is 103 Å². The monoisotopic (exact) mass is 1530 g/mol. The number of furan rings is 1. The molecule has 3 aliphatic heterocycles. The molecule has 588 valence electrons. The first-order valence-electron chi connectivity index (χ1n) is 35.8. The Morgan fingerprint density at radius 2 is 1.15 bits per heavy atom. The lowest BCUT2D eigenvalue weighted by Gasteiger charge is -2.32. The van der Waals surface area contributed by atoms with Gasteiger partial charge in [0.05, 0.1) is 33.9 Å². The second-order valence-corrected chi connectivity index (χ2v) is 28.4. The summed E-state index contributed by atoms with van der Waals surface area (Å²) in [6.45, 7) is 10.9. The van der Waals surface area contributed by atoms with Crippen molar-refractivity contribution in [2.24, 2.45) is 34.0 Å². The number of amides is 12. The van der Waals surface area contributed by atoms with Crippen LogP contribution in [0.2, 0.25) is 5.02 Å². The molecular weight excluding hydrogens is 1430 g/mol. The summed E-state index contributed by atoms with van der Waals surface area (Å²) in [6.07, 6.45) is -1.53. The number of aliphatic hydroxyl groups excluding tert-OH is 1. The number of benzene rings is 3. The summed E-state index contributed by atoms with van der Waals surface area (Å²) in [5, 5.41) is 43.1. The molecule has 4 heterocycles. The third kappa shape index (κ3) is 22.2. The number of nitrogens with two attached hydrogens (primary N) is 3. The maximum atomic E-state index is 14.9. The van der Waals surface area contributed by atoms with Gasteiger partial charge in [0.2, 0.25) is 70.7 Å². The van der Waals surface area contributed by atoms with Crippen LogP contribution in [0, 0.1) is 18.8 Å². The zero-order valence-corrected chi connectivity index (χ0v) is 63.0. The van der Waals surface area contributed by atoms with Crippen molar-refractivity contribution < 1.29 is 91.2 Å². The van der Waals surface area contributed by atoms with Gasteiger partial charge in [-0.1, -0.05) is 63.6 Å². The van der Waals surface area contributed by atoms with E-state index in [-0.39, 0.29) is 100.0 Å². The van der Waals surface area contributed by atoms with E-state index in [1.165, 1.54) is 45.0 Å². The molecule has 3 aromatic carbocycles. The number of carboxylic acid groups (broad SMARTS) is 1. The van der Waals surface area contributed by atoms with Gasteiger partial charge in [0.15, 0.2) is 23.1 Å². The van der Waals surface area contributed by atoms with Crippen molar-refractivity contribution in [2.75, 3.05) is 47.5 Å². The van der Waals surface area contributed by atoms with E-state index in [0.29, 0.717) is 51.4 Å². The van der Waals surface area contributed by atoms with Crippen LogP contribution < -0.4 is 73.9 Å². The molecule has 35 heteroatoms. The Morgan fingerprint density at radius 1 is 0.602 bits per heavy atom. The molecular formula is C73H100ClN15O19. The van der Waals surface area contributed by atoms with E-state index in [1.54, 1.807) is 81.4 Å². The number of aliphatic carboxylic acids is 1. The van der Waals surface area contributed by atoms with Crippen LogP contribution in [0.5, 0.6) is 17.2 Å². The zero-order valence-electron chi connectivity index (χ0n) is 62.2. The van der Waals surface area contributed by atoms with Crippen LogP contribution in [0.1, 0.15) is 127 Å². The lowest BCUT2D eigenvalue weighted by atomic mass is 10.0. The lowest BCUT2D eigenvalue weighted by molar-refractivity contribution is -0.144. The fourth-order valence-corrected chi connectivity index (χ4v) is 13.4. The summed E-state index contributed by atoms with van der Waals surface area (Å²) >= 11 is 6.19. The standard InChI is InChI=1S/C73H100ClN15O19/c1-36(2)30-48(84-69(101)58-38(5)46-25-26-55(106-9)60(107-10)59(46)108-58)64(96)79-39(6)62(94)85-51(32-42-19-23-45(105-8)24-20-42)71(103)88-29-13-16-53(88)67(99)83-50(34-56(91)92)65(97)80-40(7)63(95)86-57(37(3)4)72(104)89-35-44(90)33-54(89)68(100)82-49(31-41-17-21-43(74)22-18-41)66(98)81-47(14-11-27-78-73(76)77)70(102)87-28-12-15-52(87)61(75)93/h17-26,36-37,39-40,44,47-54,57,90H,11-16,27-35H2,1-10H3,(H2,75,93)(H,79,96)(H,80,97)(H,81,98)(H,82,100)(H,83,99)(H,84,101)(H,85,94)(H,86,95)(H,91,92)(H4,76,77,78)/t39-,40-,44+,47-,48-,49-,50-,51-,52-,53-,54-,57?/m0/s1. The van der Waals surface area contributed by atoms with Crippen molar-refractivity contribution in [3.63, 3.8) is 0 Å². The zero-order chi connectivity index (χ0) is 79.5. The van der Waals surface area contributed by atoms with Crippen molar-refractivity contribution in [3.8, 4) is 17.2 Å². The number of fused-ring (bicyclic) bond motifs is 1. The van der Waals surface area contributed by atoms with Crippen molar-refractivity contribution >= 4 is 105 Å². The maximum Gasteiger partial charge on any atom is 0.305 e. The Labute approximate surface area is 629 Å². The normalized spacial score (nSPS) is 18.4. The van der Waals surface area contributed by atoms with Crippen molar-refractivity contribution in [1.82, 2.24) is 57.2 Å². The minimum atomic E-state index is -1.86. The number of halogens is 1. The molecule has 34 nitrogen and oxygen atoms in total.